The van der Waals surface area contributed by atoms with E-state index >= 15 is 0 Å². The van der Waals surface area contributed by atoms with Gasteiger partial charge >= 0.3 is 6.09 Å². The van der Waals surface area contributed by atoms with E-state index in [0.29, 0.717) is 19.4 Å². The van der Waals surface area contributed by atoms with Gasteiger partial charge in [-0.05, 0) is 44.7 Å². The minimum atomic E-state index is -0.935. The number of nitrogens with one attached hydrogen (secondary N) is 2. The summed E-state index contributed by atoms with van der Waals surface area (Å²) in [4.78, 5) is 27.6. The molecule has 0 radical (unpaired) electrons. The molecule has 1 saturated heterocycles. The van der Waals surface area contributed by atoms with E-state index < -0.39 is 24.3 Å². The third kappa shape index (κ3) is 8.62. The van der Waals surface area contributed by atoms with Crippen LogP contribution in [0.3, 0.4) is 0 Å². The number of rotatable bonds is 10. The predicted molar refractivity (Wildman–Crippen MR) is 138 cm³/mol. The van der Waals surface area contributed by atoms with Gasteiger partial charge in [-0.15, -0.1) is 0 Å². The molecule has 196 valence electrons. The second-order valence-electron chi connectivity index (χ2n) is 10.4. The molecule has 3 N–H and O–H groups in total. The molecule has 2 aromatic carbocycles. The Morgan fingerprint density at radius 3 is 2.25 bits per heavy atom. The van der Waals surface area contributed by atoms with Crippen LogP contribution in [0, 0.1) is 0 Å². The summed E-state index contributed by atoms with van der Waals surface area (Å²) in [5.74, 6) is -0.0934. The number of carbonyl (C=O) groups excluding carboxylic acids is 2. The number of β-amino-alcohol motifs (C(OH)–C–C–N with tert-alkyl or cyclic N) is 1. The van der Waals surface area contributed by atoms with Crippen molar-refractivity contribution in [1.82, 2.24) is 15.5 Å². The second-order valence-corrected chi connectivity index (χ2v) is 10.4. The zero-order valence-electron chi connectivity index (χ0n) is 21.6. The molecule has 2 aromatic rings. The molecule has 1 aliphatic heterocycles. The van der Waals surface area contributed by atoms with Crippen LogP contribution >= 0.6 is 0 Å². The maximum absolute atomic E-state index is 13.0. The molecular weight excluding hydrogens is 458 g/mol. The number of alkyl carbamates (subject to hydrolysis) is 1. The Kier molecular flexibility index (Phi) is 9.87. The maximum Gasteiger partial charge on any atom is 0.407 e. The van der Waals surface area contributed by atoms with E-state index in [2.05, 4.69) is 10.6 Å². The lowest BCUT2D eigenvalue weighted by Gasteiger charge is -2.32. The van der Waals surface area contributed by atoms with Crippen LogP contribution in [0.2, 0.25) is 0 Å². The number of carbonyl (C=O) groups is 2. The van der Waals surface area contributed by atoms with Crippen molar-refractivity contribution in [3.8, 4) is 0 Å². The van der Waals surface area contributed by atoms with E-state index in [0.717, 1.165) is 11.1 Å². The van der Waals surface area contributed by atoms with Gasteiger partial charge in [0.15, 0.2) is 0 Å². The van der Waals surface area contributed by atoms with Gasteiger partial charge in [-0.25, -0.2) is 4.79 Å². The van der Waals surface area contributed by atoms with Crippen LogP contribution in [0.15, 0.2) is 60.7 Å². The lowest BCUT2D eigenvalue weighted by atomic mass is 10.0. The highest BCUT2D eigenvalue weighted by molar-refractivity contribution is 5.82. The molecule has 0 bridgehead atoms. The monoisotopic (exact) mass is 497 g/mol. The SMILES string of the molecule is CO[C@H]1C[C@@H](C(=O)NC(C)(C)C)N(C[C@@H](O)[C@H](Cc2ccccc2)NC(=O)OCc2ccccc2)C1. The fraction of sp³-hybridized carbons (Fsp3) is 0.500. The Morgan fingerprint density at radius 2 is 1.67 bits per heavy atom. The van der Waals surface area contributed by atoms with Crippen LogP contribution in [0.4, 0.5) is 4.79 Å². The van der Waals surface area contributed by atoms with Gasteiger partial charge in [0.1, 0.15) is 6.61 Å². The first-order valence-electron chi connectivity index (χ1n) is 12.4. The summed E-state index contributed by atoms with van der Waals surface area (Å²) < 4.78 is 10.9. The average molecular weight is 498 g/mol. The van der Waals surface area contributed by atoms with Crippen molar-refractivity contribution in [3.63, 3.8) is 0 Å². The van der Waals surface area contributed by atoms with Gasteiger partial charge in [-0.3, -0.25) is 9.69 Å². The number of methoxy groups -OCH3 is 1. The van der Waals surface area contributed by atoms with Gasteiger partial charge in [0.25, 0.3) is 0 Å². The van der Waals surface area contributed by atoms with Crippen LogP contribution < -0.4 is 10.6 Å². The van der Waals surface area contributed by atoms with E-state index in [-0.39, 0.29) is 30.7 Å². The molecule has 1 fully saturated rings. The van der Waals surface area contributed by atoms with Crippen LogP contribution in [-0.2, 0) is 27.3 Å². The van der Waals surface area contributed by atoms with Crippen LogP contribution in [0.1, 0.15) is 38.3 Å². The first-order chi connectivity index (χ1) is 17.1. The van der Waals surface area contributed by atoms with Gasteiger partial charge in [-0.1, -0.05) is 60.7 Å². The molecule has 2 amide bonds. The predicted octanol–water partition coefficient (Wildman–Crippen LogP) is 2.89. The molecule has 0 spiro atoms. The normalized spacial score (nSPS) is 19.9. The Bertz CT molecular complexity index is 964. The summed E-state index contributed by atoms with van der Waals surface area (Å²) in [5, 5.41) is 17.2. The molecule has 8 nitrogen and oxygen atoms in total. The van der Waals surface area contributed by atoms with E-state index in [9.17, 15) is 14.7 Å². The molecule has 4 atom stereocenters. The van der Waals surface area contributed by atoms with Gasteiger partial charge in [0.05, 0.1) is 24.3 Å². The Hall–Kier alpha value is -2.94. The number of hydrogen-bond donors (Lipinski definition) is 3. The van der Waals surface area contributed by atoms with E-state index in [4.69, 9.17) is 9.47 Å². The smallest absolute Gasteiger partial charge is 0.407 e. The second kappa shape index (κ2) is 12.9. The van der Waals surface area contributed by atoms with Crippen LogP contribution in [-0.4, -0.2) is 72.0 Å². The number of amides is 2. The molecule has 0 aliphatic carbocycles. The van der Waals surface area contributed by atoms with Crippen LogP contribution in [0.25, 0.3) is 0 Å². The van der Waals surface area contributed by atoms with Gasteiger partial charge in [0.2, 0.25) is 5.91 Å². The highest BCUT2D eigenvalue weighted by atomic mass is 16.5. The number of aliphatic hydroxyl groups is 1. The first kappa shape index (κ1) is 27.6. The number of benzene rings is 2. The number of ether oxygens (including phenoxy) is 2. The molecule has 0 unspecified atom stereocenters. The lowest BCUT2D eigenvalue weighted by molar-refractivity contribution is -0.127. The fourth-order valence-corrected chi connectivity index (χ4v) is 4.39. The third-order valence-electron chi connectivity index (χ3n) is 6.20. The minimum absolute atomic E-state index is 0.0934. The van der Waals surface area contributed by atoms with Crippen molar-refractivity contribution < 1.29 is 24.2 Å². The Morgan fingerprint density at radius 1 is 1.06 bits per heavy atom. The molecule has 1 heterocycles. The number of nitrogens with zero attached hydrogens (tertiary/aromatic N) is 1. The molecule has 3 rings (SSSR count). The highest BCUT2D eigenvalue weighted by Gasteiger charge is 2.39. The first-order valence-corrected chi connectivity index (χ1v) is 12.4. The lowest BCUT2D eigenvalue weighted by Crippen LogP contribution is -2.54. The Balaban J connectivity index is 1.69. The molecular formula is C28H39N3O5. The Labute approximate surface area is 214 Å². The summed E-state index contributed by atoms with van der Waals surface area (Å²) in [6.45, 7) is 6.68. The largest absolute Gasteiger partial charge is 0.445 e. The van der Waals surface area contributed by atoms with Gasteiger partial charge in [-0.2, -0.15) is 0 Å². The summed E-state index contributed by atoms with van der Waals surface area (Å²) in [5.41, 5.74) is 1.48. The van der Waals surface area contributed by atoms with Crippen molar-refractivity contribution in [3.05, 3.63) is 71.8 Å². The third-order valence-corrected chi connectivity index (χ3v) is 6.20. The fourth-order valence-electron chi connectivity index (χ4n) is 4.39. The molecule has 36 heavy (non-hydrogen) atoms. The number of hydrogen-bond acceptors (Lipinski definition) is 6. The standard InChI is InChI=1S/C28H39N3O5/c1-28(2,3)30-26(33)24-16-22(35-4)17-31(24)18-25(32)23(15-20-11-7-5-8-12-20)29-27(34)36-19-21-13-9-6-10-14-21/h5-14,22-25,32H,15-19H2,1-4H3,(H,29,34)(H,30,33)/t22-,23-,24-,25+/m0/s1. The topological polar surface area (TPSA) is 100 Å². The zero-order chi connectivity index (χ0) is 26.1. The van der Waals surface area contributed by atoms with Gasteiger partial charge in [0, 0.05) is 25.7 Å². The molecule has 8 heteroatoms. The summed E-state index contributed by atoms with van der Waals surface area (Å²) in [7, 11) is 1.63. The van der Waals surface area contributed by atoms with Crippen molar-refractivity contribution >= 4 is 12.0 Å². The molecule has 0 aromatic heterocycles. The van der Waals surface area contributed by atoms with E-state index in [1.807, 2.05) is 86.3 Å². The molecule has 1 aliphatic rings. The number of likely N-dealkylation sites (tertiary alicyclic amines) is 1. The minimum Gasteiger partial charge on any atom is -0.445 e. The van der Waals surface area contributed by atoms with E-state index in [1.165, 1.54) is 0 Å². The summed E-state index contributed by atoms with van der Waals surface area (Å²) in [6.07, 6.45) is -0.680. The van der Waals surface area contributed by atoms with Crippen LogP contribution in [0.5, 0.6) is 0 Å². The van der Waals surface area contributed by atoms with Gasteiger partial charge < -0.3 is 25.2 Å². The maximum atomic E-state index is 13.0. The van der Waals surface area contributed by atoms with Crippen molar-refractivity contribution in [2.45, 2.75) is 70.1 Å². The van der Waals surface area contributed by atoms with Crippen molar-refractivity contribution in [2.24, 2.45) is 0 Å². The highest BCUT2D eigenvalue weighted by Crippen LogP contribution is 2.22. The van der Waals surface area contributed by atoms with Crippen molar-refractivity contribution in [2.75, 3.05) is 20.2 Å². The zero-order valence-corrected chi connectivity index (χ0v) is 21.6. The average Bonchev–Trinajstić information content (AvgIpc) is 3.25. The molecule has 0 saturated carbocycles. The quantitative estimate of drug-likeness (QED) is 0.467. The number of aliphatic hydroxyl groups excluding tert-OH is 1. The van der Waals surface area contributed by atoms with E-state index in [1.54, 1.807) is 7.11 Å². The summed E-state index contributed by atoms with van der Waals surface area (Å²) in [6, 6.07) is 18.1. The van der Waals surface area contributed by atoms with Crippen molar-refractivity contribution in [1.29, 1.82) is 0 Å². The summed E-state index contributed by atoms with van der Waals surface area (Å²) >= 11 is 0.